The Balaban J connectivity index is 0.849. The van der Waals surface area contributed by atoms with E-state index < -0.39 is 17.9 Å². The number of carbonyl (C=O) groups is 6. The number of hydrogen-bond acceptors (Lipinski definition) is 13. The van der Waals surface area contributed by atoms with Gasteiger partial charge in [0.15, 0.2) is 6.61 Å². The van der Waals surface area contributed by atoms with E-state index in [1.165, 1.54) is 4.90 Å². The highest BCUT2D eigenvalue weighted by Gasteiger charge is 2.40. The molecule has 5 N–H and O–H groups in total. The monoisotopic (exact) mass is 806 g/mol. The number of ether oxygens (including phenoxy) is 4. The number of benzene rings is 2. The summed E-state index contributed by atoms with van der Waals surface area (Å²) in [6.45, 7) is 2.83. The van der Waals surface area contributed by atoms with Crippen LogP contribution in [0.2, 0.25) is 0 Å². The smallest absolute Gasteiger partial charge is 0.258 e. The average molecular weight is 807 g/mol. The highest BCUT2D eigenvalue weighted by Crippen LogP contribution is 2.33. The van der Waals surface area contributed by atoms with E-state index in [0.29, 0.717) is 87.1 Å². The summed E-state index contributed by atoms with van der Waals surface area (Å²) in [5.41, 5.74) is 4.85. The van der Waals surface area contributed by atoms with Crippen molar-refractivity contribution in [2.75, 3.05) is 58.1 Å². The molecule has 5 rings (SSSR count). The first-order valence-electron chi connectivity index (χ1n) is 19.3. The van der Waals surface area contributed by atoms with Crippen molar-refractivity contribution in [3.05, 3.63) is 59.8 Å². The lowest BCUT2D eigenvalue weighted by molar-refractivity contribution is -0.137. The van der Waals surface area contributed by atoms with E-state index in [2.05, 4.69) is 26.3 Å². The molecule has 0 aliphatic carbocycles. The summed E-state index contributed by atoms with van der Waals surface area (Å²) in [6, 6.07) is 11.6. The molecule has 3 aromatic rings. The van der Waals surface area contributed by atoms with Gasteiger partial charge in [0.25, 0.3) is 11.8 Å². The number of rotatable bonds is 25. The summed E-state index contributed by atoms with van der Waals surface area (Å²) in [7, 11) is 0. The highest BCUT2D eigenvalue weighted by atomic mass is 16.5. The number of aromatic nitrogens is 3. The van der Waals surface area contributed by atoms with Gasteiger partial charge in [-0.15, -0.1) is 5.10 Å². The van der Waals surface area contributed by atoms with Crippen molar-refractivity contribution < 1.29 is 52.9 Å². The van der Waals surface area contributed by atoms with Gasteiger partial charge >= 0.3 is 0 Å². The van der Waals surface area contributed by atoms with Crippen molar-refractivity contribution in [3.8, 4) is 17.0 Å². The van der Waals surface area contributed by atoms with Gasteiger partial charge in [-0.3, -0.25) is 39.3 Å². The molecule has 1 aromatic heterocycles. The number of hydroxylamine groups is 1. The van der Waals surface area contributed by atoms with Crippen molar-refractivity contribution in [2.45, 2.75) is 70.5 Å². The first-order valence-corrected chi connectivity index (χ1v) is 19.3. The predicted octanol–water partition coefficient (Wildman–Crippen LogP) is 1.74. The van der Waals surface area contributed by atoms with Crippen LogP contribution in [0.15, 0.2) is 48.7 Å². The predicted molar refractivity (Wildman–Crippen MR) is 205 cm³/mol. The molecule has 2 aliphatic rings. The molecule has 3 heterocycles. The van der Waals surface area contributed by atoms with Crippen molar-refractivity contribution in [2.24, 2.45) is 0 Å². The fourth-order valence-corrected chi connectivity index (χ4v) is 6.32. The summed E-state index contributed by atoms with van der Waals surface area (Å²) in [5.74, 6) is -1.61. The minimum Gasteiger partial charge on any atom is -0.483 e. The quantitative estimate of drug-likeness (QED) is 0.0355. The van der Waals surface area contributed by atoms with Crippen LogP contribution in [0.4, 0.5) is 5.69 Å². The van der Waals surface area contributed by atoms with Gasteiger partial charge in [0.2, 0.25) is 23.6 Å². The minimum absolute atomic E-state index is 0.0770. The Morgan fingerprint density at radius 1 is 0.845 bits per heavy atom. The topological polar surface area (TPSA) is 242 Å². The Morgan fingerprint density at radius 2 is 1.55 bits per heavy atom. The third kappa shape index (κ3) is 13.4. The molecule has 1 saturated heterocycles. The highest BCUT2D eigenvalue weighted by molar-refractivity contribution is 6.05. The number of anilines is 1. The number of carbonyl (C=O) groups excluding carboxylic acids is 6. The van der Waals surface area contributed by atoms with Crippen LogP contribution in [0.1, 0.15) is 67.3 Å². The Morgan fingerprint density at radius 3 is 2.28 bits per heavy atom. The Bertz CT molecular complexity index is 1870. The largest absolute Gasteiger partial charge is 0.483 e. The maximum absolute atomic E-state index is 13.0. The zero-order valence-electron chi connectivity index (χ0n) is 32.2. The average Bonchev–Trinajstić information content (AvgIpc) is 3.83. The van der Waals surface area contributed by atoms with Crippen molar-refractivity contribution in [1.82, 2.24) is 36.0 Å². The maximum atomic E-state index is 13.0. The fourth-order valence-electron chi connectivity index (χ4n) is 6.32. The Kier molecular flexibility index (Phi) is 17.1. The number of unbranched alkanes of at least 4 members (excludes halogenated alkanes) is 3. The van der Waals surface area contributed by atoms with Gasteiger partial charge in [-0.25, -0.2) is 10.2 Å². The van der Waals surface area contributed by atoms with Crippen molar-refractivity contribution in [1.29, 1.82) is 0 Å². The first kappa shape index (κ1) is 43.4. The minimum atomic E-state index is -0.736. The standard InChI is InChI=1S/C39H50N8O11/c48-34(8-3-1-2-4-9-36(50)44-54)41-28-12-10-27(11-13-28)31-25-46(45-43-31)17-19-56-21-23-57-22-20-55-18-16-40-37(51)26-58-33-7-5-6-29-30(33)24-47(39(29)53)32-14-15-35(49)42-38(32)52/h5-7,10-13,25,32,54H,1-4,8-9,14-24,26H2,(H,40,51)(H,41,48)(H,44,50)(H,42,49,52). The Labute approximate surface area is 335 Å². The molecule has 0 spiro atoms. The van der Waals surface area contributed by atoms with E-state index in [4.69, 9.17) is 24.2 Å². The van der Waals surface area contributed by atoms with E-state index in [-0.39, 0.29) is 69.2 Å². The fraction of sp³-hybridized carbons (Fsp3) is 0.487. The third-order valence-corrected chi connectivity index (χ3v) is 9.36. The second-order valence-electron chi connectivity index (χ2n) is 13.6. The van der Waals surface area contributed by atoms with Gasteiger partial charge in [-0.1, -0.05) is 36.3 Å². The van der Waals surface area contributed by atoms with Crippen LogP contribution in [0, 0.1) is 0 Å². The summed E-state index contributed by atoms with van der Waals surface area (Å²) in [6.07, 6.45) is 5.91. The lowest BCUT2D eigenvalue weighted by Gasteiger charge is -2.29. The number of hydrogen-bond donors (Lipinski definition) is 5. The van der Waals surface area contributed by atoms with E-state index in [1.54, 1.807) is 28.4 Å². The molecule has 6 amide bonds. The molecule has 2 aliphatic heterocycles. The zero-order chi connectivity index (χ0) is 41.1. The van der Waals surface area contributed by atoms with Gasteiger partial charge in [-0.2, -0.15) is 0 Å². The molecule has 312 valence electrons. The second-order valence-corrected chi connectivity index (χ2v) is 13.6. The molecule has 0 bridgehead atoms. The summed E-state index contributed by atoms with van der Waals surface area (Å²) >= 11 is 0. The molecule has 0 saturated carbocycles. The van der Waals surface area contributed by atoms with Crippen molar-refractivity contribution in [3.63, 3.8) is 0 Å². The molecule has 19 nitrogen and oxygen atoms in total. The lowest BCUT2D eigenvalue weighted by Crippen LogP contribution is -2.52. The van der Waals surface area contributed by atoms with Gasteiger partial charge in [-0.05, 0) is 43.5 Å². The van der Waals surface area contributed by atoms with Gasteiger partial charge in [0.05, 0.1) is 58.9 Å². The van der Waals surface area contributed by atoms with Crippen LogP contribution >= 0.6 is 0 Å². The van der Waals surface area contributed by atoms with Crippen LogP contribution in [0.3, 0.4) is 0 Å². The molecular weight excluding hydrogens is 756 g/mol. The maximum Gasteiger partial charge on any atom is 0.258 e. The summed E-state index contributed by atoms with van der Waals surface area (Å²) in [5, 5.41) is 24.8. The van der Waals surface area contributed by atoms with Gasteiger partial charge in [0.1, 0.15) is 17.5 Å². The number of nitrogens with one attached hydrogen (secondary N) is 4. The van der Waals surface area contributed by atoms with Gasteiger partial charge in [0, 0.05) is 48.2 Å². The molecule has 1 atom stereocenters. The van der Waals surface area contributed by atoms with Crippen LogP contribution < -0.4 is 26.2 Å². The number of amides is 6. The SMILES string of the molecule is O=C(CCCCCCC(=O)Nc1ccc(-c2cn(CCOCCOCCOCCNC(=O)COc3cccc4c3CN(C3CCC(=O)NC3=O)C4=O)nn2)cc1)NO. The third-order valence-electron chi connectivity index (χ3n) is 9.36. The second kappa shape index (κ2) is 22.8. The van der Waals surface area contributed by atoms with Crippen LogP contribution in [0.5, 0.6) is 5.75 Å². The van der Waals surface area contributed by atoms with E-state index in [1.807, 2.05) is 30.5 Å². The van der Waals surface area contributed by atoms with E-state index in [9.17, 15) is 28.8 Å². The molecule has 0 radical (unpaired) electrons. The van der Waals surface area contributed by atoms with E-state index in [0.717, 1.165) is 18.4 Å². The molecule has 1 unspecified atom stereocenters. The van der Waals surface area contributed by atoms with Crippen LogP contribution in [-0.2, 0) is 51.3 Å². The van der Waals surface area contributed by atoms with Crippen molar-refractivity contribution >= 4 is 41.1 Å². The van der Waals surface area contributed by atoms with Gasteiger partial charge < -0.3 is 34.5 Å². The van der Waals surface area contributed by atoms with Crippen LogP contribution in [0.25, 0.3) is 11.3 Å². The normalized spacial score (nSPS) is 14.9. The zero-order valence-corrected chi connectivity index (χ0v) is 32.2. The molecule has 58 heavy (non-hydrogen) atoms. The first-order chi connectivity index (χ1) is 28.2. The summed E-state index contributed by atoms with van der Waals surface area (Å²) < 4.78 is 24.1. The number of imide groups is 1. The Hall–Kier alpha value is -5.76. The molecule has 1 fully saturated rings. The molecule has 2 aromatic carbocycles. The molecule has 19 heteroatoms. The molecular formula is C39H50N8O11. The van der Waals surface area contributed by atoms with Crippen LogP contribution in [-0.4, -0.2) is 119 Å². The summed E-state index contributed by atoms with van der Waals surface area (Å²) in [4.78, 5) is 73.9. The van der Waals surface area contributed by atoms with E-state index >= 15 is 0 Å². The number of nitrogens with zero attached hydrogens (tertiary/aromatic N) is 4. The number of fused-ring (bicyclic) bond motifs is 1. The lowest BCUT2D eigenvalue weighted by atomic mass is 10.0. The number of piperidine rings is 1.